The molecule has 0 spiro atoms. The Kier molecular flexibility index (Phi) is 4.39. The zero-order chi connectivity index (χ0) is 16.5. The molecule has 1 fully saturated rings. The zero-order valence-corrected chi connectivity index (χ0v) is 11.7. The standard InChI is InChI=1S/C14H14F4N2O2/c1-8-2-3-9(15)4-11(8)13(22)19-10-5-12(21)20(6-10)7-14(16,17)18/h2-4,10H,5-7H2,1H3,(H,19,22)/t10-/m1/s1. The summed E-state index contributed by atoms with van der Waals surface area (Å²) in [6.07, 6.45) is -4.68. The van der Waals surface area contributed by atoms with Gasteiger partial charge in [-0.15, -0.1) is 0 Å². The molecular formula is C14H14F4N2O2. The van der Waals surface area contributed by atoms with Crippen LogP contribution >= 0.6 is 0 Å². The van der Waals surface area contributed by atoms with E-state index in [-0.39, 0.29) is 18.5 Å². The Morgan fingerprint density at radius 2 is 2.09 bits per heavy atom. The van der Waals surface area contributed by atoms with Crippen LogP contribution in [0.4, 0.5) is 17.6 Å². The predicted octanol–water partition coefficient (Wildman–Crippen LogP) is 2.03. The summed E-state index contributed by atoms with van der Waals surface area (Å²) < 4.78 is 50.1. The fourth-order valence-electron chi connectivity index (χ4n) is 2.34. The van der Waals surface area contributed by atoms with Gasteiger partial charge in [-0.25, -0.2) is 4.39 Å². The van der Waals surface area contributed by atoms with E-state index in [4.69, 9.17) is 0 Å². The van der Waals surface area contributed by atoms with Gasteiger partial charge in [0.2, 0.25) is 5.91 Å². The number of halogens is 4. The van der Waals surface area contributed by atoms with E-state index in [1.165, 1.54) is 12.1 Å². The van der Waals surface area contributed by atoms with Gasteiger partial charge in [-0.05, 0) is 24.6 Å². The van der Waals surface area contributed by atoms with Gasteiger partial charge in [0.15, 0.2) is 0 Å². The van der Waals surface area contributed by atoms with Crippen molar-refractivity contribution < 1.29 is 27.2 Å². The molecule has 8 heteroatoms. The Balaban J connectivity index is 2.01. The maximum absolute atomic E-state index is 13.2. The van der Waals surface area contributed by atoms with Crippen molar-refractivity contribution in [2.24, 2.45) is 0 Å². The number of nitrogens with one attached hydrogen (secondary N) is 1. The molecule has 22 heavy (non-hydrogen) atoms. The number of alkyl halides is 3. The molecule has 0 aliphatic carbocycles. The lowest BCUT2D eigenvalue weighted by atomic mass is 10.1. The third-order valence-electron chi connectivity index (χ3n) is 3.36. The molecule has 0 bridgehead atoms. The molecule has 120 valence electrons. The van der Waals surface area contributed by atoms with Gasteiger partial charge in [0.1, 0.15) is 12.4 Å². The Hall–Kier alpha value is -2.12. The van der Waals surface area contributed by atoms with Crippen LogP contribution in [0.5, 0.6) is 0 Å². The largest absolute Gasteiger partial charge is 0.406 e. The number of aryl methyl sites for hydroxylation is 1. The molecule has 0 aromatic heterocycles. The van der Waals surface area contributed by atoms with Gasteiger partial charge < -0.3 is 10.2 Å². The Morgan fingerprint density at radius 3 is 2.73 bits per heavy atom. The molecule has 1 N–H and O–H groups in total. The second-order valence-electron chi connectivity index (χ2n) is 5.22. The van der Waals surface area contributed by atoms with Gasteiger partial charge in [-0.1, -0.05) is 6.07 Å². The highest BCUT2D eigenvalue weighted by Crippen LogP contribution is 2.21. The van der Waals surface area contributed by atoms with E-state index in [9.17, 15) is 27.2 Å². The van der Waals surface area contributed by atoms with Crippen molar-refractivity contribution in [1.29, 1.82) is 0 Å². The molecule has 0 saturated carbocycles. The van der Waals surface area contributed by atoms with E-state index in [1.807, 2.05) is 0 Å². The Labute approximate surface area is 124 Å². The molecule has 0 radical (unpaired) electrons. The summed E-state index contributed by atoms with van der Waals surface area (Å²) in [7, 11) is 0. The lowest BCUT2D eigenvalue weighted by Gasteiger charge is -2.18. The van der Waals surface area contributed by atoms with Gasteiger partial charge in [-0.2, -0.15) is 13.2 Å². The number of carbonyl (C=O) groups excluding carboxylic acids is 2. The van der Waals surface area contributed by atoms with Gasteiger partial charge in [-0.3, -0.25) is 9.59 Å². The highest BCUT2D eigenvalue weighted by molar-refractivity contribution is 5.96. The molecular weight excluding hydrogens is 304 g/mol. The summed E-state index contributed by atoms with van der Waals surface area (Å²) in [5.41, 5.74) is 0.636. The van der Waals surface area contributed by atoms with Gasteiger partial charge in [0, 0.05) is 18.5 Å². The predicted molar refractivity (Wildman–Crippen MR) is 69.6 cm³/mol. The van der Waals surface area contributed by atoms with Crippen LogP contribution < -0.4 is 5.32 Å². The minimum Gasteiger partial charge on any atom is -0.347 e. The van der Waals surface area contributed by atoms with Crippen LogP contribution in [0.25, 0.3) is 0 Å². The molecule has 2 amide bonds. The van der Waals surface area contributed by atoms with Gasteiger partial charge in [0.05, 0.1) is 6.04 Å². The van der Waals surface area contributed by atoms with Gasteiger partial charge in [0.25, 0.3) is 5.91 Å². The number of hydrogen-bond acceptors (Lipinski definition) is 2. The average molecular weight is 318 g/mol. The second kappa shape index (κ2) is 5.94. The van der Waals surface area contributed by atoms with Crippen molar-refractivity contribution >= 4 is 11.8 Å². The van der Waals surface area contributed by atoms with Crippen molar-refractivity contribution in [3.05, 3.63) is 35.1 Å². The van der Waals surface area contributed by atoms with Crippen molar-refractivity contribution in [3.8, 4) is 0 Å². The maximum Gasteiger partial charge on any atom is 0.406 e. The molecule has 1 saturated heterocycles. The van der Waals surface area contributed by atoms with E-state index in [0.717, 1.165) is 6.07 Å². The third kappa shape index (κ3) is 3.96. The van der Waals surface area contributed by atoms with Crippen molar-refractivity contribution in [3.63, 3.8) is 0 Å². The molecule has 1 aliphatic heterocycles. The summed E-state index contributed by atoms with van der Waals surface area (Å²) in [6, 6.07) is 2.97. The number of benzene rings is 1. The van der Waals surface area contributed by atoms with Crippen LogP contribution in [0, 0.1) is 12.7 Å². The molecule has 1 atom stereocenters. The maximum atomic E-state index is 13.2. The third-order valence-corrected chi connectivity index (χ3v) is 3.36. The van der Waals surface area contributed by atoms with Crippen molar-refractivity contribution in [2.75, 3.05) is 13.1 Å². The van der Waals surface area contributed by atoms with E-state index in [2.05, 4.69) is 5.32 Å². The molecule has 4 nitrogen and oxygen atoms in total. The van der Waals surface area contributed by atoms with Crippen LogP contribution in [-0.4, -0.2) is 42.0 Å². The number of amides is 2. The SMILES string of the molecule is Cc1ccc(F)cc1C(=O)N[C@@H]1CC(=O)N(CC(F)(F)F)C1. The monoisotopic (exact) mass is 318 g/mol. The zero-order valence-electron chi connectivity index (χ0n) is 11.7. The molecule has 1 aliphatic rings. The highest BCUT2D eigenvalue weighted by Gasteiger charge is 2.38. The highest BCUT2D eigenvalue weighted by atomic mass is 19.4. The molecule has 1 heterocycles. The number of carbonyl (C=O) groups is 2. The first-order valence-corrected chi connectivity index (χ1v) is 6.57. The first-order valence-electron chi connectivity index (χ1n) is 6.57. The fourth-order valence-corrected chi connectivity index (χ4v) is 2.34. The summed E-state index contributed by atoms with van der Waals surface area (Å²) in [4.78, 5) is 24.2. The number of nitrogens with zero attached hydrogens (tertiary/aromatic N) is 1. The van der Waals surface area contributed by atoms with E-state index < -0.39 is 36.4 Å². The van der Waals surface area contributed by atoms with Gasteiger partial charge >= 0.3 is 6.18 Å². The molecule has 1 aromatic rings. The Bertz CT molecular complexity index is 601. The quantitative estimate of drug-likeness (QED) is 0.867. The van der Waals surface area contributed by atoms with Crippen LogP contribution in [0.3, 0.4) is 0 Å². The van der Waals surface area contributed by atoms with E-state index in [1.54, 1.807) is 6.92 Å². The summed E-state index contributed by atoms with van der Waals surface area (Å²) in [5, 5.41) is 2.47. The summed E-state index contributed by atoms with van der Waals surface area (Å²) in [6.45, 7) is 0.0692. The normalized spacial score (nSPS) is 18.7. The number of rotatable bonds is 3. The van der Waals surface area contributed by atoms with Crippen LogP contribution in [-0.2, 0) is 4.79 Å². The smallest absolute Gasteiger partial charge is 0.347 e. The summed E-state index contributed by atoms with van der Waals surface area (Å²) >= 11 is 0. The topological polar surface area (TPSA) is 49.4 Å². The summed E-state index contributed by atoms with van der Waals surface area (Å²) in [5.74, 6) is -1.86. The Morgan fingerprint density at radius 1 is 1.41 bits per heavy atom. The van der Waals surface area contributed by atoms with Crippen LogP contribution in [0.1, 0.15) is 22.3 Å². The second-order valence-corrected chi connectivity index (χ2v) is 5.22. The molecule has 0 unspecified atom stereocenters. The first kappa shape index (κ1) is 16.3. The fraction of sp³-hybridized carbons (Fsp3) is 0.429. The minimum atomic E-state index is -4.48. The minimum absolute atomic E-state index is 0.0988. The van der Waals surface area contributed by atoms with Crippen molar-refractivity contribution in [1.82, 2.24) is 10.2 Å². The average Bonchev–Trinajstić information content (AvgIpc) is 2.70. The molecule has 2 rings (SSSR count). The van der Waals surface area contributed by atoms with Crippen LogP contribution in [0.2, 0.25) is 0 Å². The number of likely N-dealkylation sites (tertiary alicyclic amines) is 1. The van der Waals surface area contributed by atoms with Crippen LogP contribution in [0.15, 0.2) is 18.2 Å². The lowest BCUT2D eigenvalue weighted by Crippen LogP contribution is -2.40. The van der Waals surface area contributed by atoms with E-state index in [0.29, 0.717) is 10.5 Å². The first-order chi connectivity index (χ1) is 10.2. The lowest BCUT2D eigenvalue weighted by molar-refractivity contribution is -0.157. The van der Waals surface area contributed by atoms with Crippen molar-refractivity contribution in [2.45, 2.75) is 25.6 Å². The molecule has 1 aromatic carbocycles. The van der Waals surface area contributed by atoms with E-state index >= 15 is 0 Å². The number of hydrogen-bond donors (Lipinski definition) is 1.